The van der Waals surface area contributed by atoms with E-state index in [-0.39, 0.29) is 22.7 Å². The molecule has 1 fully saturated rings. The second-order valence-corrected chi connectivity index (χ2v) is 5.76. The molecule has 1 aliphatic carbocycles. The minimum Gasteiger partial charge on any atom is -0.481 e. The lowest BCUT2D eigenvalue weighted by Crippen LogP contribution is -2.32. The summed E-state index contributed by atoms with van der Waals surface area (Å²) in [5.41, 5.74) is 5.86. The molecule has 0 bridgehead atoms. The SMILES string of the molecule is Nc1ncc(C(=O)NC[C@H]2CC[C@H](C(=O)O)CC2)cc1Cl. The smallest absolute Gasteiger partial charge is 0.306 e. The number of halogens is 1. The fourth-order valence-corrected chi connectivity index (χ4v) is 2.69. The van der Waals surface area contributed by atoms with E-state index in [1.54, 1.807) is 0 Å². The maximum Gasteiger partial charge on any atom is 0.306 e. The quantitative estimate of drug-likeness (QED) is 0.788. The molecule has 114 valence electrons. The minimum absolute atomic E-state index is 0.195. The number of nitrogens with two attached hydrogens (primary N) is 1. The lowest BCUT2D eigenvalue weighted by Gasteiger charge is -2.26. The summed E-state index contributed by atoms with van der Waals surface area (Å²) in [7, 11) is 0. The number of hydrogen-bond donors (Lipinski definition) is 3. The lowest BCUT2D eigenvalue weighted by molar-refractivity contribution is -0.143. The van der Waals surface area contributed by atoms with Crippen molar-refractivity contribution in [3.05, 3.63) is 22.8 Å². The summed E-state index contributed by atoms with van der Waals surface area (Å²) in [6, 6.07) is 1.49. The second kappa shape index (κ2) is 6.76. The number of carbonyl (C=O) groups excluding carboxylic acids is 1. The molecule has 2 rings (SSSR count). The van der Waals surface area contributed by atoms with Crippen LogP contribution in [0.3, 0.4) is 0 Å². The van der Waals surface area contributed by atoms with Crippen LogP contribution in [0.25, 0.3) is 0 Å². The van der Waals surface area contributed by atoms with Crippen molar-refractivity contribution in [2.45, 2.75) is 25.7 Å². The van der Waals surface area contributed by atoms with E-state index in [0.717, 1.165) is 12.8 Å². The van der Waals surface area contributed by atoms with Gasteiger partial charge >= 0.3 is 5.97 Å². The van der Waals surface area contributed by atoms with Crippen LogP contribution in [0.5, 0.6) is 0 Å². The summed E-state index contributed by atoms with van der Waals surface area (Å²) in [4.78, 5) is 26.7. The van der Waals surface area contributed by atoms with Crippen LogP contribution in [-0.4, -0.2) is 28.5 Å². The van der Waals surface area contributed by atoms with Crippen molar-refractivity contribution in [2.24, 2.45) is 11.8 Å². The van der Waals surface area contributed by atoms with Gasteiger partial charge in [0.15, 0.2) is 0 Å². The van der Waals surface area contributed by atoms with E-state index in [9.17, 15) is 9.59 Å². The molecule has 1 heterocycles. The molecule has 4 N–H and O–H groups in total. The third kappa shape index (κ3) is 4.07. The van der Waals surface area contributed by atoms with Gasteiger partial charge in [0.25, 0.3) is 5.91 Å². The Morgan fingerprint density at radius 1 is 1.38 bits per heavy atom. The van der Waals surface area contributed by atoms with E-state index in [4.69, 9.17) is 22.4 Å². The van der Waals surface area contributed by atoms with Gasteiger partial charge in [0.05, 0.1) is 16.5 Å². The number of aliphatic carboxylic acids is 1. The molecule has 1 amide bonds. The molecular weight excluding hydrogens is 294 g/mol. The summed E-state index contributed by atoms with van der Waals surface area (Å²) in [6.45, 7) is 0.535. The Labute approximate surface area is 127 Å². The fourth-order valence-electron chi connectivity index (χ4n) is 2.53. The second-order valence-electron chi connectivity index (χ2n) is 5.36. The highest BCUT2D eigenvalue weighted by molar-refractivity contribution is 6.33. The highest BCUT2D eigenvalue weighted by Gasteiger charge is 2.26. The van der Waals surface area contributed by atoms with Crippen molar-refractivity contribution in [3.63, 3.8) is 0 Å². The predicted octanol–water partition coefficient (Wildman–Crippen LogP) is 1.94. The summed E-state index contributed by atoms with van der Waals surface area (Å²) >= 11 is 5.83. The van der Waals surface area contributed by atoms with E-state index >= 15 is 0 Å². The van der Waals surface area contributed by atoms with E-state index in [1.807, 2.05) is 0 Å². The highest BCUT2D eigenvalue weighted by atomic mass is 35.5. The largest absolute Gasteiger partial charge is 0.481 e. The van der Waals surface area contributed by atoms with Gasteiger partial charge in [0, 0.05) is 12.7 Å². The van der Waals surface area contributed by atoms with E-state index in [1.165, 1.54) is 12.3 Å². The molecule has 0 unspecified atom stereocenters. The maximum absolute atomic E-state index is 12.0. The third-order valence-corrected chi connectivity index (χ3v) is 4.18. The molecule has 0 atom stereocenters. The van der Waals surface area contributed by atoms with E-state index < -0.39 is 5.97 Å². The van der Waals surface area contributed by atoms with E-state index in [2.05, 4.69) is 10.3 Å². The summed E-state index contributed by atoms with van der Waals surface area (Å²) in [5, 5.41) is 12.0. The number of aromatic nitrogens is 1. The molecule has 7 heteroatoms. The zero-order chi connectivity index (χ0) is 15.4. The average molecular weight is 312 g/mol. The Hall–Kier alpha value is -1.82. The number of pyridine rings is 1. The average Bonchev–Trinajstić information content (AvgIpc) is 2.48. The zero-order valence-corrected chi connectivity index (χ0v) is 12.3. The number of carboxylic acid groups (broad SMARTS) is 1. The molecule has 0 spiro atoms. The minimum atomic E-state index is -0.722. The molecule has 0 aliphatic heterocycles. The Bertz CT molecular complexity index is 542. The number of hydrogen-bond acceptors (Lipinski definition) is 4. The van der Waals surface area contributed by atoms with Crippen LogP contribution >= 0.6 is 11.6 Å². The third-order valence-electron chi connectivity index (χ3n) is 3.88. The Kier molecular flexibility index (Phi) is 5.01. The van der Waals surface area contributed by atoms with Crippen LogP contribution in [0, 0.1) is 11.8 Å². The van der Waals surface area contributed by atoms with Gasteiger partial charge in [-0.15, -0.1) is 0 Å². The number of nitrogens with one attached hydrogen (secondary N) is 1. The number of amides is 1. The maximum atomic E-state index is 12.0. The van der Waals surface area contributed by atoms with Gasteiger partial charge in [-0.25, -0.2) is 4.98 Å². The molecule has 1 aromatic rings. The number of carbonyl (C=O) groups is 2. The van der Waals surface area contributed by atoms with Crippen molar-refractivity contribution in [1.29, 1.82) is 0 Å². The molecule has 1 aliphatic rings. The predicted molar refractivity (Wildman–Crippen MR) is 79.1 cm³/mol. The Morgan fingerprint density at radius 3 is 2.62 bits per heavy atom. The Morgan fingerprint density at radius 2 is 2.05 bits per heavy atom. The van der Waals surface area contributed by atoms with Gasteiger partial charge < -0.3 is 16.2 Å². The Balaban J connectivity index is 1.82. The van der Waals surface area contributed by atoms with Crippen molar-refractivity contribution in [3.8, 4) is 0 Å². The van der Waals surface area contributed by atoms with Crippen molar-refractivity contribution < 1.29 is 14.7 Å². The molecule has 1 saturated carbocycles. The van der Waals surface area contributed by atoms with Crippen molar-refractivity contribution in [2.75, 3.05) is 12.3 Å². The molecule has 6 nitrogen and oxygen atoms in total. The number of nitrogens with zero attached hydrogens (tertiary/aromatic N) is 1. The summed E-state index contributed by atoms with van der Waals surface area (Å²) in [6.07, 6.45) is 4.37. The number of carboxylic acids is 1. The van der Waals surface area contributed by atoms with Gasteiger partial charge in [-0.1, -0.05) is 11.6 Å². The highest BCUT2D eigenvalue weighted by Crippen LogP contribution is 2.28. The van der Waals surface area contributed by atoms with Crippen LogP contribution in [-0.2, 0) is 4.79 Å². The normalized spacial score (nSPS) is 21.8. The zero-order valence-electron chi connectivity index (χ0n) is 11.5. The van der Waals surface area contributed by atoms with Gasteiger partial charge in [-0.3, -0.25) is 9.59 Å². The van der Waals surface area contributed by atoms with Gasteiger partial charge in [-0.2, -0.15) is 0 Å². The van der Waals surface area contributed by atoms with Gasteiger partial charge in [0.1, 0.15) is 5.82 Å². The van der Waals surface area contributed by atoms with Crippen LogP contribution in [0.15, 0.2) is 12.3 Å². The van der Waals surface area contributed by atoms with Crippen LogP contribution < -0.4 is 11.1 Å². The molecule has 21 heavy (non-hydrogen) atoms. The first-order chi connectivity index (χ1) is 9.97. The monoisotopic (exact) mass is 311 g/mol. The van der Waals surface area contributed by atoms with Crippen molar-refractivity contribution >= 4 is 29.3 Å². The van der Waals surface area contributed by atoms with Crippen LogP contribution in [0.1, 0.15) is 36.0 Å². The number of anilines is 1. The number of rotatable bonds is 4. The van der Waals surface area contributed by atoms with E-state index in [0.29, 0.717) is 30.9 Å². The first kappa shape index (κ1) is 15.6. The first-order valence-electron chi connectivity index (χ1n) is 6.89. The molecular formula is C14H18ClN3O3. The molecule has 0 saturated heterocycles. The van der Waals surface area contributed by atoms with Crippen molar-refractivity contribution in [1.82, 2.24) is 10.3 Å². The first-order valence-corrected chi connectivity index (χ1v) is 7.27. The molecule has 0 radical (unpaired) electrons. The summed E-state index contributed by atoms with van der Waals surface area (Å²) < 4.78 is 0. The fraction of sp³-hybridized carbons (Fsp3) is 0.500. The standard InChI is InChI=1S/C14H18ClN3O3/c15-11-5-10(7-17-12(11)16)13(19)18-6-8-1-3-9(4-2-8)14(20)21/h5,7-9H,1-4,6H2,(H2,16,17)(H,18,19)(H,20,21)/t8-,9-. The topological polar surface area (TPSA) is 105 Å². The van der Waals surface area contributed by atoms with Crippen LogP contribution in [0.4, 0.5) is 5.82 Å². The summed E-state index contributed by atoms with van der Waals surface area (Å²) in [5.74, 6) is -0.691. The molecule has 1 aromatic heterocycles. The molecule has 0 aromatic carbocycles. The lowest BCUT2D eigenvalue weighted by atomic mass is 9.82. The van der Waals surface area contributed by atoms with Gasteiger partial charge in [0.2, 0.25) is 0 Å². The van der Waals surface area contributed by atoms with Gasteiger partial charge in [-0.05, 0) is 37.7 Å². The number of nitrogen functional groups attached to an aromatic ring is 1. The van der Waals surface area contributed by atoms with Crippen LogP contribution in [0.2, 0.25) is 5.02 Å².